The minimum atomic E-state index is -4.83. The van der Waals surface area contributed by atoms with E-state index in [1.807, 2.05) is 0 Å². The standard InChI is InChI=1S/C13H11F3N2O3/c1-2-21-9-5-3-8(4-6-9)18-11(13(14,15)16)10(7-17-18)12(19)20/h3-7H,2H2,1H3,(H,19,20). The zero-order valence-electron chi connectivity index (χ0n) is 10.9. The fourth-order valence-corrected chi connectivity index (χ4v) is 1.82. The Balaban J connectivity index is 2.51. The lowest BCUT2D eigenvalue weighted by Crippen LogP contribution is -2.17. The first-order valence-electron chi connectivity index (χ1n) is 5.96. The van der Waals surface area contributed by atoms with Gasteiger partial charge in [-0.2, -0.15) is 18.3 Å². The summed E-state index contributed by atoms with van der Waals surface area (Å²) in [5, 5.41) is 12.4. The molecule has 1 aromatic heterocycles. The van der Waals surface area contributed by atoms with E-state index in [1.54, 1.807) is 6.92 Å². The van der Waals surface area contributed by atoms with Crippen molar-refractivity contribution >= 4 is 5.97 Å². The molecule has 0 atom stereocenters. The van der Waals surface area contributed by atoms with E-state index in [-0.39, 0.29) is 5.69 Å². The molecule has 0 saturated carbocycles. The molecule has 0 spiro atoms. The number of ether oxygens (including phenoxy) is 1. The first-order valence-corrected chi connectivity index (χ1v) is 5.96. The largest absolute Gasteiger partial charge is 0.494 e. The third kappa shape index (κ3) is 2.99. The smallest absolute Gasteiger partial charge is 0.434 e. The van der Waals surface area contributed by atoms with Crippen LogP contribution in [0.3, 0.4) is 0 Å². The molecular weight excluding hydrogens is 289 g/mol. The first kappa shape index (κ1) is 14.9. The molecule has 0 saturated heterocycles. The van der Waals surface area contributed by atoms with Gasteiger partial charge < -0.3 is 9.84 Å². The van der Waals surface area contributed by atoms with E-state index in [1.165, 1.54) is 24.3 Å². The molecule has 2 aromatic rings. The van der Waals surface area contributed by atoms with Crippen molar-refractivity contribution in [2.24, 2.45) is 0 Å². The van der Waals surface area contributed by atoms with Gasteiger partial charge in [-0.3, -0.25) is 0 Å². The molecule has 0 bridgehead atoms. The number of nitrogens with zero attached hydrogens (tertiary/aromatic N) is 2. The predicted molar refractivity (Wildman–Crippen MR) is 66.7 cm³/mol. The minimum absolute atomic E-state index is 0.0956. The molecule has 5 nitrogen and oxygen atoms in total. The molecule has 0 aliphatic heterocycles. The Labute approximate surface area is 117 Å². The second kappa shape index (κ2) is 5.47. The molecule has 112 valence electrons. The summed E-state index contributed by atoms with van der Waals surface area (Å²) in [6.07, 6.45) is -4.15. The zero-order chi connectivity index (χ0) is 15.6. The summed E-state index contributed by atoms with van der Waals surface area (Å²) in [5.74, 6) is -1.18. The molecule has 0 fully saturated rings. The number of carboxylic acid groups (broad SMARTS) is 1. The predicted octanol–water partition coefficient (Wildman–Crippen LogP) is 2.99. The van der Waals surface area contributed by atoms with Crippen LogP contribution in [-0.2, 0) is 6.18 Å². The van der Waals surface area contributed by atoms with Crippen molar-refractivity contribution in [3.63, 3.8) is 0 Å². The summed E-state index contributed by atoms with van der Waals surface area (Å²) in [4.78, 5) is 10.9. The van der Waals surface area contributed by atoms with E-state index in [0.717, 1.165) is 0 Å². The SMILES string of the molecule is CCOc1ccc(-n2ncc(C(=O)O)c2C(F)(F)F)cc1. The van der Waals surface area contributed by atoms with E-state index in [0.29, 0.717) is 23.2 Å². The summed E-state index contributed by atoms with van der Waals surface area (Å²) < 4.78 is 44.9. The summed E-state index contributed by atoms with van der Waals surface area (Å²) in [6, 6.07) is 5.72. The van der Waals surface area contributed by atoms with E-state index in [4.69, 9.17) is 9.84 Å². The highest BCUT2D eigenvalue weighted by Gasteiger charge is 2.40. The van der Waals surface area contributed by atoms with Gasteiger partial charge in [-0.25, -0.2) is 9.48 Å². The summed E-state index contributed by atoms with van der Waals surface area (Å²) in [6.45, 7) is 2.21. The van der Waals surface area contributed by atoms with Crippen molar-refractivity contribution < 1.29 is 27.8 Å². The van der Waals surface area contributed by atoms with Crippen LogP contribution in [0.4, 0.5) is 13.2 Å². The number of carbonyl (C=O) groups is 1. The van der Waals surface area contributed by atoms with Crippen molar-refractivity contribution in [3.05, 3.63) is 41.7 Å². The molecule has 1 aromatic carbocycles. The molecule has 21 heavy (non-hydrogen) atoms. The Morgan fingerprint density at radius 2 is 1.95 bits per heavy atom. The molecule has 1 N–H and O–H groups in total. The summed E-state index contributed by atoms with van der Waals surface area (Å²) >= 11 is 0. The molecular formula is C13H11F3N2O3. The monoisotopic (exact) mass is 300 g/mol. The molecule has 1 heterocycles. The lowest BCUT2D eigenvalue weighted by molar-refractivity contribution is -0.143. The molecule has 0 radical (unpaired) electrons. The van der Waals surface area contributed by atoms with Crippen molar-refractivity contribution in [1.29, 1.82) is 0 Å². The molecule has 2 rings (SSSR count). The van der Waals surface area contributed by atoms with Crippen LogP contribution in [0.15, 0.2) is 30.5 Å². The van der Waals surface area contributed by atoms with Gasteiger partial charge in [-0.1, -0.05) is 0 Å². The summed E-state index contributed by atoms with van der Waals surface area (Å²) in [7, 11) is 0. The van der Waals surface area contributed by atoms with Gasteiger partial charge in [0.05, 0.1) is 18.5 Å². The number of aromatic nitrogens is 2. The van der Waals surface area contributed by atoms with E-state index in [9.17, 15) is 18.0 Å². The van der Waals surface area contributed by atoms with Crippen LogP contribution in [0.2, 0.25) is 0 Å². The van der Waals surface area contributed by atoms with Gasteiger partial charge in [0, 0.05) is 0 Å². The highest BCUT2D eigenvalue weighted by Crippen LogP contribution is 2.33. The van der Waals surface area contributed by atoms with Crippen molar-refractivity contribution in [2.45, 2.75) is 13.1 Å². The number of halogens is 3. The maximum Gasteiger partial charge on any atom is 0.434 e. The van der Waals surface area contributed by atoms with E-state index >= 15 is 0 Å². The molecule has 0 aliphatic carbocycles. The van der Waals surface area contributed by atoms with Crippen LogP contribution < -0.4 is 4.74 Å². The second-order valence-corrected chi connectivity index (χ2v) is 4.05. The lowest BCUT2D eigenvalue weighted by atomic mass is 10.2. The summed E-state index contributed by atoms with van der Waals surface area (Å²) in [5.41, 5.74) is -2.12. The van der Waals surface area contributed by atoms with Gasteiger partial charge in [0.1, 0.15) is 11.3 Å². The number of benzene rings is 1. The number of aromatic carboxylic acids is 1. The highest BCUT2D eigenvalue weighted by molar-refractivity contribution is 5.89. The van der Waals surface area contributed by atoms with E-state index in [2.05, 4.69) is 5.10 Å². The Bertz CT molecular complexity index is 648. The lowest BCUT2D eigenvalue weighted by Gasteiger charge is -2.12. The van der Waals surface area contributed by atoms with Gasteiger partial charge in [0.15, 0.2) is 5.69 Å². The molecule has 0 unspecified atom stereocenters. The van der Waals surface area contributed by atoms with Crippen LogP contribution in [0.1, 0.15) is 23.0 Å². The van der Waals surface area contributed by atoms with Crippen molar-refractivity contribution in [3.8, 4) is 11.4 Å². The quantitative estimate of drug-likeness (QED) is 0.942. The molecule has 8 heteroatoms. The third-order valence-corrected chi connectivity index (χ3v) is 2.66. The van der Waals surface area contributed by atoms with Crippen LogP contribution in [-0.4, -0.2) is 27.5 Å². The second-order valence-electron chi connectivity index (χ2n) is 4.05. The van der Waals surface area contributed by atoms with Crippen molar-refractivity contribution in [1.82, 2.24) is 9.78 Å². The normalized spacial score (nSPS) is 11.4. The third-order valence-electron chi connectivity index (χ3n) is 2.66. The highest BCUT2D eigenvalue weighted by atomic mass is 19.4. The Morgan fingerprint density at radius 1 is 1.33 bits per heavy atom. The number of hydrogen-bond acceptors (Lipinski definition) is 3. The molecule has 0 amide bonds. The van der Waals surface area contributed by atoms with Crippen molar-refractivity contribution in [2.75, 3.05) is 6.61 Å². The van der Waals surface area contributed by atoms with Crippen LogP contribution in [0.25, 0.3) is 5.69 Å². The number of hydrogen-bond donors (Lipinski definition) is 1. The Morgan fingerprint density at radius 3 is 2.43 bits per heavy atom. The Kier molecular flexibility index (Phi) is 3.88. The topological polar surface area (TPSA) is 64.4 Å². The minimum Gasteiger partial charge on any atom is -0.494 e. The fourth-order valence-electron chi connectivity index (χ4n) is 1.82. The zero-order valence-corrected chi connectivity index (χ0v) is 10.9. The van der Waals surface area contributed by atoms with Gasteiger partial charge in [-0.05, 0) is 31.2 Å². The fraction of sp³-hybridized carbons (Fsp3) is 0.231. The van der Waals surface area contributed by atoms with Gasteiger partial charge >= 0.3 is 12.1 Å². The number of carboxylic acids is 1. The number of rotatable bonds is 4. The molecule has 0 aliphatic rings. The Hall–Kier alpha value is -2.51. The average Bonchev–Trinajstić information content (AvgIpc) is 2.85. The average molecular weight is 300 g/mol. The first-order chi connectivity index (χ1) is 9.84. The van der Waals surface area contributed by atoms with Crippen LogP contribution in [0.5, 0.6) is 5.75 Å². The van der Waals surface area contributed by atoms with Gasteiger partial charge in [0.25, 0.3) is 0 Å². The van der Waals surface area contributed by atoms with Gasteiger partial charge in [0.2, 0.25) is 0 Å². The van der Waals surface area contributed by atoms with Gasteiger partial charge in [-0.15, -0.1) is 0 Å². The van der Waals surface area contributed by atoms with Crippen LogP contribution in [0, 0.1) is 0 Å². The maximum absolute atomic E-state index is 13.0. The maximum atomic E-state index is 13.0. The van der Waals surface area contributed by atoms with E-state index < -0.39 is 23.4 Å². The van der Waals surface area contributed by atoms with Crippen LogP contribution >= 0.6 is 0 Å². The number of alkyl halides is 3.